The Kier molecular flexibility index (Phi) is 4.12. The van der Waals surface area contributed by atoms with Crippen LogP contribution in [0.1, 0.15) is 26.7 Å². The molecule has 1 amide bonds. The van der Waals surface area contributed by atoms with E-state index in [0.717, 1.165) is 6.42 Å². The fraction of sp³-hybridized carbons (Fsp3) is 0.800. The van der Waals surface area contributed by atoms with Gasteiger partial charge in [-0.3, -0.25) is 4.79 Å². The number of amides is 1. The van der Waals surface area contributed by atoms with Crippen LogP contribution in [0.25, 0.3) is 0 Å². The second kappa shape index (κ2) is 5.16. The SMILES string of the molecule is CC(C)C(N)C(=O)N1CCCC1OC(=O)O. The van der Waals surface area contributed by atoms with Crippen molar-refractivity contribution in [3.05, 3.63) is 0 Å². The molecule has 0 radical (unpaired) electrons. The van der Waals surface area contributed by atoms with E-state index < -0.39 is 18.4 Å². The van der Waals surface area contributed by atoms with E-state index in [1.807, 2.05) is 13.8 Å². The monoisotopic (exact) mass is 230 g/mol. The standard InChI is InChI=1S/C10H18N2O4/c1-6(2)8(11)9(13)12-5-3-4-7(12)16-10(14)15/h6-8H,3-5,11H2,1-2H3,(H,14,15). The van der Waals surface area contributed by atoms with Crippen molar-refractivity contribution in [2.75, 3.05) is 6.54 Å². The van der Waals surface area contributed by atoms with Crippen LogP contribution in [0.15, 0.2) is 0 Å². The van der Waals surface area contributed by atoms with Gasteiger partial charge in [0, 0.05) is 13.0 Å². The van der Waals surface area contributed by atoms with Gasteiger partial charge in [0.15, 0.2) is 6.23 Å². The lowest BCUT2D eigenvalue weighted by Crippen LogP contribution is -2.49. The number of nitrogens with zero attached hydrogens (tertiary/aromatic N) is 1. The second-order valence-electron chi connectivity index (χ2n) is 4.28. The Labute approximate surface area is 94.3 Å². The first-order chi connectivity index (χ1) is 7.43. The van der Waals surface area contributed by atoms with E-state index in [0.29, 0.717) is 13.0 Å². The van der Waals surface area contributed by atoms with E-state index in [4.69, 9.17) is 10.8 Å². The van der Waals surface area contributed by atoms with Gasteiger partial charge in [0.1, 0.15) is 0 Å². The molecule has 6 nitrogen and oxygen atoms in total. The lowest BCUT2D eigenvalue weighted by atomic mass is 10.0. The number of carbonyl (C=O) groups excluding carboxylic acids is 1. The fourth-order valence-corrected chi connectivity index (χ4v) is 1.70. The Bertz CT molecular complexity index is 280. The molecule has 0 aromatic heterocycles. The van der Waals surface area contributed by atoms with Crippen molar-refractivity contribution in [2.45, 2.75) is 39.0 Å². The van der Waals surface area contributed by atoms with Gasteiger partial charge in [-0.05, 0) is 12.3 Å². The molecule has 0 aliphatic carbocycles. The maximum absolute atomic E-state index is 11.9. The molecule has 0 saturated carbocycles. The van der Waals surface area contributed by atoms with Gasteiger partial charge in [0.2, 0.25) is 5.91 Å². The number of hydrogen-bond acceptors (Lipinski definition) is 4. The number of carboxylic acid groups (broad SMARTS) is 1. The molecule has 1 saturated heterocycles. The smallest absolute Gasteiger partial charge is 0.450 e. The summed E-state index contributed by atoms with van der Waals surface area (Å²) < 4.78 is 4.64. The van der Waals surface area contributed by atoms with Gasteiger partial charge in [0.05, 0.1) is 6.04 Å². The van der Waals surface area contributed by atoms with Gasteiger partial charge in [-0.15, -0.1) is 0 Å². The zero-order chi connectivity index (χ0) is 12.3. The van der Waals surface area contributed by atoms with Crippen molar-refractivity contribution in [1.29, 1.82) is 0 Å². The van der Waals surface area contributed by atoms with E-state index in [2.05, 4.69) is 4.74 Å². The molecular formula is C10H18N2O4. The molecule has 2 unspecified atom stereocenters. The lowest BCUT2D eigenvalue weighted by molar-refractivity contribution is -0.141. The first kappa shape index (κ1) is 12.8. The van der Waals surface area contributed by atoms with E-state index in [-0.39, 0.29) is 11.8 Å². The van der Waals surface area contributed by atoms with E-state index in [9.17, 15) is 9.59 Å². The molecule has 1 heterocycles. The first-order valence-corrected chi connectivity index (χ1v) is 5.39. The lowest BCUT2D eigenvalue weighted by Gasteiger charge is -2.27. The van der Waals surface area contributed by atoms with Gasteiger partial charge < -0.3 is 20.5 Å². The average molecular weight is 230 g/mol. The highest BCUT2D eigenvalue weighted by Gasteiger charge is 2.34. The maximum Gasteiger partial charge on any atom is 0.507 e. The molecule has 16 heavy (non-hydrogen) atoms. The molecule has 1 rings (SSSR count). The van der Waals surface area contributed by atoms with Crippen LogP contribution in [0.3, 0.4) is 0 Å². The van der Waals surface area contributed by atoms with Crippen molar-refractivity contribution in [3.8, 4) is 0 Å². The van der Waals surface area contributed by atoms with Crippen LogP contribution in [-0.4, -0.2) is 40.9 Å². The van der Waals surface area contributed by atoms with Gasteiger partial charge >= 0.3 is 6.16 Å². The highest BCUT2D eigenvalue weighted by molar-refractivity contribution is 5.82. The molecule has 0 aromatic carbocycles. The summed E-state index contributed by atoms with van der Waals surface area (Å²) in [5, 5.41) is 8.53. The normalized spacial score (nSPS) is 22.2. The molecule has 1 fully saturated rings. The summed E-state index contributed by atoms with van der Waals surface area (Å²) in [6.45, 7) is 4.22. The summed E-state index contributed by atoms with van der Waals surface area (Å²) in [4.78, 5) is 23.8. The predicted molar refractivity (Wildman–Crippen MR) is 56.7 cm³/mol. The number of carbonyl (C=O) groups is 2. The van der Waals surface area contributed by atoms with Crippen LogP contribution in [0.4, 0.5) is 4.79 Å². The molecule has 0 bridgehead atoms. The number of rotatable bonds is 3. The zero-order valence-electron chi connectivity index (χ0n) is 9.55. The third-order valence-electron chi connectivity index (χ3n) is 2.72. The minimum Gasteiger partial charge on any atom is -0.450 e. The molecular weight excluding hydrogens is 212 g/mol. The number of nitrogens with two attached hydrogens (primary N) is 1. The minimum atomic E-state index is -1.36. The van der Waals surface area contributed by atoms with Crippen LogP contribution in [-0.2, 0) is 9.53 Å². The van der Waals surface area contributed by atoms with Crippen LogP contribution < -0.4 is 5.73 Å². The fourth-order valence-electron chi connectivity index (χ4n) is 1.70. The van der Waals surface area contributed by atoms with Crippen LogP contribution >= 0.6 is 0 Å². The molecule has 1 aliphatic heterocycles. The summed E-state index contributed by atoms with van der Waals surface area (Å²) in [5.74, 6) is -0.211. The molecule has 0 aromatic rings. The third-order valence-corrected chi connectivity index (χ3v) is 2.72. The summed E-state index contributed by atoms with van der Waals surface area (Å²) in [7, 11) is 0. The molecule has 92 valence electrons. The Morgan fingerprint density at radius 3 is 2.62 bits per heavy atom. The third kappa shape index (κ3) is 2.85. The van der Waals surface area contributed by atoms with E-state index in [1.165, 1.54) is 4.90 Å². The van der Waals surface area contributed by atoms with Crippen molar-refractivity contribution >= 4 is 12.1 Å². The van der Waals surface area contributed by atoms with Gasteiger partial charge in [-0.25, -0.2) is 4.79 Å². The molecule has 6 heteroatoms. The summed E-state index contributed by atoms with van der Waals surface area (Å²) in [6, 6.07) is -0.599. The Hall–Kier alpha value is -1.30. The first-order valence-electron chi connectivity index (χ1n) is 5.39. The molecule has 0 spiro atoms. The second-order valence-corrected chi connectivity index (χ2v) is 4.28. The van der Waals surface area contributed by atoms with Gasteiger partial charge in [-0.2, -0.15) is 0 Å². The number of likely N-dealkylation sites (tertiary alicyclic amines) is 1. The number of hydrogen-bond donors (Lipinski definition) is 2. The van der Waals surface area contributed by atoms with Crippen molar-refractivity contribution in [3.63, 3.8) is 0 Å². The van der Waals surface area contributed by atoms with Crippen LogP contribution in [0.5, 0.6) is 0 Å². The number of ether oxygens (including phenoxy) is 1. The Morgan fingerprint density at radius 1 is 1.50 bits per heavy atom. The highest BCUT2D eigenvalue weighted by Crippen LogP contribution is 2.20. The average Bonchev–Trinajstić information content (AvgIpc) is 2.62. The van der Waals surface area contributed by atoms with Gasteiger partial charge in [0.25, 0.3) is 0 Å². The largest absolute Gasteiger partial charge is 0.507 e. The predicted octanol–water partition coefficient (Wildman–Crippen LogP) is 0.613. The Balaban J connectivity index is 2.64. The minimum absolute atomic E-state index is 0.0265. The van der Waals surface area contributed by atoms with Gasteiger partial charge in [-0.1, -0.05) is 13.8 Å². The van der Waals surface area contributed by atoms with Crippen molar-refractivity contribution < 1.29 is 19.4 Å². The Morgan fingerprint density at radius 2 is 2.12 bits per heavy atom. The summed E-state index contributed by atoms with van der Waals surface area (Å²) in [6.07, 6.45) is -0.741. The van der Waals surface area contributed by atoms with Crippen LogP contribution in [0, 0.1) is 5.92 Å². The molecule has 2 atom stereocenters. The maximum atomic E-state index is 11.9. The summed E-state index contributed by atoms with van der Waals surface area (Å²) >= 11 is 0. The topological polar surface area (TPSA) is 92.9 Å². The highest BCUT2D eigenvalue weighted by atomic mass is 16.7. The van der Waals surface area contributed by atoms with E-state index >= 15 is 0 Å². The molecule has 1 aliphatic rings. The molecule has 3 N–H and O–H groups in total. The summed E-state index contributed by atoms with van der Waals surface area (Å²) in [5.41, 5.74) is 5.74. The van der Waals surface area contributed by atoms with Crippen LogP contribution in [0.2, 0.25) is 0 Å². The zero-order valence-corrected chi connectivity index (χ0v) is 9.55. The van der Waals surface area contributed by atoms with Crippen molar-refractivity contribution in [1.82, 2.24) is 4.90 Å². The van der Waals surface area contributed by atoms with Crippen molar-refractivity contribution in [2.24, 2.45) is 11.7 Å². The quantitative estimate of drug-likeness (QED) is 0.693. The van der Waals surface area contributed by atoms with E-state index in [1.54, 1.807) is 0 Å².